The Morgan fingerprint density at radius 1 is 1.12 bits per heavy atom. The van der Waals surface area contributed by atoms with E-state index < -0.39 is 0 Å². The minimum absolute atomic E-state index is 0. The van der Waals surface area contributed by atoms with Crippen LogP contribution in [-0.2, 0) is 9.59 Å². The summed E-state index contributed by atoms with van der Waals surface area (Å²) in [6.45, 7) is 0. The molecule has 0 aliphatic carbocycles. The number of hydrogen-bond donors (Lipinski definition) is 1. The summed E-state index contributed by atoms with van der Waals surface area (Å²) in [7, 11) is 0. The van der Waals surface area contributed by atoms with Crippen LogP contribution in [0, 0.1) is 0 Å². The van der Waals surface area contributed by atoms with Crippen LogP contribution in [0.15, 0.2) is 0 Å². The fourth-order valence-corrected chi connectivity index (χ4v) is 0.508. The van der Waals surface area contributed by atoms with Crippen molar-refractivity contribution in [2.45, 2.75) is 12.8 Å². The van der Waals surface area contributed by atoms with Crippen molar-refractivity contribution >= 4 is 28.9 Å². The van der Waals surface area contributed by atoms with Gasteiger partial charge in [-0.2, -0.15) is 0 Å². The summed E-state index contributed by atoms with van der Waals surface area (Å²) in [6, 6.07) is 0. The van der Waals surface area contributed by atoms with Gasteiger partial charge < -0.3 is 0 Å². The van der Waals surface area contributed by atoms with E-state index in [-0.39, 0.29) is 28.9 Å². The molecule has 0 aromatic carbocycles. The zero-order valence-corrected chi connectivity index (χ0v) is 6.33. The van der Waals surface area contributed by atoms with Gasteiger partial charge in [-0.25, -0.2) is 0 Å². The molecule has 8 heavy (non-hydrogen) atoms. The van der Waals surface area contributed by atoms with Gasteiger partial charge in [0.25, 0.3) is 0 Å². The Labute approximate surface area is 57.3 Å². The second-order valence-electron chi connectivity index (χ2n) is 1.47. The summed E-state index contributed by atoms with van der Waals surface area (Å²) in [6.07, 6.45) is 0.748. The van der Waals surface area contributed by atoms with E-state index in [1.165, 1.54) is 0 Å². The molecule has 1 fully saturated rings. The van der Waals surface area contributed by atoms with E-state index in [4.69, 9.17) is 0 Å². The van der Waals surface area contributed by atoms with Crippen molar-refractivity contribution in [2.75, 3.05) is 0 Å². The first kappa shape index (κ1) is 7.66. The molecule has 1 saturated heterocycles. The summed E-state index contributed by atoms with van der Waals surface area (Å²) in [4.78, 5) is 20.2. The number of rotatable bonds is 0. The van der Waals surface area contributed by atoms with Gasteiger partial charge in [0.15, 0.2) is 0 Å². The van der Waals surface area contributed by atoms with Gasteiger partial charge in [0, 0.05) is 12.8 Å². The molecule has 0 aromatic rings. The summed E-state index contributed by atoms with van der Waals surface area (Å²) >= 11 is 0. The molecule has 4 heteroatoms. The van der Waals surface area contributed by atoms with Crippen LogP contribution >= 0.6 is 0 Å². The topological polar surface area (TPSA) is 46.2 Å². The van der Waals surface area contributed by atoms with Crippen LogP contribution < -0.4 is 5.32 Å². The maximum absolute atomic E-state index is 10.1. The Morgan fingerprint density at radius 2 is 1.50 bits per heavy atom. The van der Waals surface area contributed by atoms with Crippen LogP contribution in [-0.4, -0.2) is 28.9 Å². The third kappa shape index (κ3) is 1.64. The van der Waals surface area contributed by atoms with Crippen molar-refractivity contribution in [3.8, 4) is 0 Å². The fourth-order valence-electron chi connectivity index (χ4n) is 0.508. The molecule has 0 saturated carbocycles. The van der Waals surface area contributed by atoms with Gasteiger partial charge in [0.1, 0.15) is 0 Å². The van der Waals surface area contributed by atoms with Crippen molar-refractivity contribution in [1.82, 2.24) is 5.32 Å². The van der Waals surface area contributed by atoms with Gasteiger partial charge in [-0.05, 0) is 0 Å². The zero-order chi connectivity index (χ0) is 5.28. The third-order valence-electron chi connectivity index (χ3n) is 0.858. The Bertz CT molecular complexity index is 109. The number of carbonyl (C=O) groups is 2. The monoisotopic (exact) mass is 181 g/mol. The number of amides is 2. The van der Waals surface area contributed by atoms with Gasteiger partial charge in [0.05, 0.1) is 0 Å². The molecule has 0 atom stereocenters. The first-order valence-corrected chi connectivity index (χ1v) is 2.12. The predicted octanol–water partition coefficient (Wildman–Crippen LogP) is -1.49. The zero-order valence-electron chi connectivity index (χ0n) is 4.23. The van der Waals surface area contributed by atoms with Crippen molar-refractivity contribution in [3.63, 3.8) is 0 Å². The van der Waals surface area contributed by atoms with Gasteiger partial charge in [0.2, 0.25) is 11.8 Å². The molecular weight excluding hydrogens is 173 g/mol. The molecule has 0 unspecified atom stereocenters. The SMILES string of the molecule is O=C1CCC(=O)N1.[SeH2]. The molecule has 3 nitrogen and oxygen atoms in total. The quantitative estimate of drug-likeness (QED) is 0.364. The molecule has 0 bridgehead atoms. The first-order chi connectivity index (χ1) is 3.29. The molecule has 1 heterocycles. The maximum atomic E-state index is 10.1. The first-order valence-electron chi connectivity index (χ1n) is 2.12. The molecule has 1 N–H and O–H groups in total. The molecule has 1 aliphatic heterocycles. The van der Waals surface area contributed by atoms with E-state index >= 15 is 0 Å². The fraction of sp³-hybridized carbons (Fsp3) is 0.500. The van der Waals surface area contributed by atoms with E-state index in [0.29, 0.717) is 12.8 Å². The van der Waals surface area contributed by atoms with Crippen LogP contribution in [0.25, 0.3) is 0 Å². The summed E-state index contributed by atoms with van der Waals surface area (Å²) in [5, 5.41) is 2.14. The van der Waals surface area contributed by atoms with Crippen molar-refractivity contribution in [2.24, 2.45) is 0 Å². The molecule has 1 aliphatic rings. The third-order valence-corrected chi connectivity index (χ3v) is 0.858. The van der Waals surface area contributed by atoms with E-state index in [2.05, 4.69) is 5.32 Å². The van der Waals surface area contributed by atoms with Crippen molar-refractivity contribution in [3.05, 3.63) is 0 Å². The normalized spacial score (nSPS) is 17.5. The van der Waals surface area contributed by atoms with Crippen molar-refractivity contribution in [1.29, 1.82) is 0 Å². The molecule has 0 radical (unpaired) electrons. The van der Waals surface area contributed by atoms with E-state index in [1.54, 1.807) is 0 Å². The Morgan fingerprint density at radius 3 is 1.62 bits per heavy atom. The molecule has 1 rings (SSSR count). The van der Waals surface area contributed by atoms with Gasteiger partial charge in [-0.15, -0.1) is 0 Å². The molecular formula is C4H7NO2Se. The van der Waals surface area contributed by atoms with E-state index in [1.807, 2.05) is 0 Å². The van der Waals surface area contributed by atoms with Crippen LogP contribution in [0.2, 0.25) is 0 Å². The number of hydrogen-bond acceptors (Lipinski definition) is 2. The van der Waals surface area contributed by atoms with E-state index in [0.717, 1.165) is 0 Å². The molecule has 46 valence electrons. The second kappa shape index (κ2) is 2.84. The molecule has 2 amide bonds. The van der Waals surface area contributed by atoms with E-state index in [9.17, 15) is 9.59 Å². The standard InChI is InChI=1S/C4H5NO2.H2Se/c6-3-1-2-4(7)5-3;/h1-2H2,(H,5,6,7);1H2. The van der Waals surface area contributed by atoms with Crippen LogP contribution in [0.5, 0.6) is 0 Å². The Hall–Kier alpha value is -0.341. The predicted molar refractivity (Wildman–Crippen MR) is 30.9 cm³/mol. The van der Waals surface area contributed by atoms with Gasteiger partial charge in [-0.1, -0.05) is 0 Å². The average Bonchev–Trinajstić information content (AvgIpc) is 1.87. The number of carbonyl (C=O) groups excluding carboxylic acids is 2. The second-order valence-corrected chi connectivity index (χ2v) is 1.47. The van der Waals surface area contributed by atoms with Crippen LogP contribution in [0.4, 0.5) is 0 Å². The molecule has 0 spiro atoms. The average molecular weight is 180 g/mol. The molecule has 0 aromatic heterocycles. The summed E-state index contributed by atoms with van der Waals surface area (Å²) in [5.41, 5.74) is 0. The summed E-state index contributed by atoms with van der Waals surface area (Å²) in [5.74, 6) is -0.296. The Balaban J connectivity index is 0.000000490. The minimum atomic E-state index is -0.148. The summed E-state index contributed by atoms with van der Waals surface area (Å²) < 4.78 is 0. The number of nitrogens with one attached hydrogen (secondary N) is 1. The van der Waals surface area contributed by atoms with Crippen molar-refractivity contribution < 1.29 is 9.59 Å². The van der Waals surface area contributed by atoms with Crippen LogP contribution in [0.3, 0.4) is 0 Å². The number of imide groups is 1. The van der Waals surface area contributed by atoms with Gasteiger partial charge >= 0.3 is 17.1 Å². The van der Waals surface area contributed by atoms with Crippen LogP contribution in [0.1, 0.15) is 12.8 Å². The Kier molecular flexibility index (Phi) is 2.72. The van der Waals surface area contributed by atoms with Gasteiger partial charge in [-0.3, -0.25) is 14.9 Å².